The molecule has 0 fully saturated rings. The van der Waals surface area contributed by atoms with Gasteiger partial charge in [-0.05, 0) is 18.2 Å². The second kappa shape index (κ2) is 7.25. The summed E-state index contributed by atoms with van der Waals surface area (Å²) < 4.78 is 0. The summed E-state index contributed by atoms with van der Waals surface area (Å²) in [5, 5.41) is 17.4. The predicted molar refractivity (Wildman–Crippen MR) is 72.2 cm³/mol. The molecule has 0 radical (unpaired) electrons. The molecule has 0 saturated heterocycles. The quantitative estimate of drug-likeness (QED) is 0.834. The highest BCUT2D eigenvalue weighted by atomic mass is 35.5. The van der Waals surface area contributed by atoms with Crippen LogP contribution in [0.25, 0.3) is 0 Å². The lowest BCUT2D eigenvalue weighted by atomic mass is 10.1. The fourth-order valence-electron chi connectivity index (χ4n) is 1.56. The zero-order valence-electron chi connectivity index (χ0n) is 10.3. The van der Waals surface area contributed by atoms with Crippen molar-refractivity contribution in [2.45, 2.75) is 12.8 Å². The summed E-state index contributed by atoms with van der Waals surface area (Å²) in [5.41, 5.74) is 6.37. The van der Waals surface area contributed by atoms with E-state index in [1.807, 2.05) is 12.1 Å². The molecule has 19 heavy (non-hydrogen) atoms. The van der Waals surface area contributed by atoms with E-state index in [9.17, 15) is 4.79 Å². The van der Waals surface area contributed by atoms with Crippen LogP contribution in [0.5, 0.6) is 0 Å². The number of nitriles is 2. The van der Waals surface area contributed by atoms with E-state index in [0.717, 1.165) is 0 Å². The molecule has 0 aliphatic rings. The second-order valence-electron chi connectivity index (χ2n) is 3.85. The van der Waals surface area contributed by atoms with Crippen molar-refractivity contribution >= 4 is 23.2 Å². The molecule has 6 heteroatoms. The van der Waals surface area contributed by atoms with Gasteiger partial charge >= 0.3 is 0 Å². The number of amides is 1. The van der Waals surface area contributed by atoms with Crippen LogP contribution in [-0.4, -0.2) is 23.9 Å². The molecule has 1 aromatic carbocycles. The molecule has 98 valence electrons. The van der Waals surface area contributed by atoms with Crippen LogP contribution in [0.15, 0.2) is 18.2 Å². The van der Waals surface area contributed by atoms with E-state index in [-0.39, 0.29) is 36.9 Å². The molecule has 5 nitrogen and oxygen atoms in total. The van der Waals surface area contributed by atoms with Crippen LogP contribution in [-0.2, 0) is 0 Å². The average molecular weight is 277 g/mol. The Morgan fingerprint density at radius 1 is 1.26 bits per heavy atom. The second-order valence-corrected chi connectivity index (χ2v) is 4.25. The van der Waals surface area contributed by atoms with Crippen molar-refractivity contribution in [1.82, 2.24) is 4.90 Å². The Morgan fingerprint density at radius 3 is 2.32 bits per heavy atom. The van der Waals surface area contributed by atoms with Gasteiger partial charge in [-0.25, -0.2) is 0 Å². The standard InChI is InChI=1S/C13H13ClN4O/c14-12-9-10(17)3-4-11(12)13(19)18(7-1-5-15)8-2-6-16/h3-4,9H,1-2,7-8,17H2. The van der Waals surface area contributed by atoms with E-state index < -0.39 is 0 Å². The van der Waals surface area contributed by atoms with Crippen LogP contribution in [0, 0.1) is 22.7 Å². The zero-order chi connectivity index (χ0) is 14.3. The summed E-state index contributed by atoms with van der Waals surface area (Å²) in [6.45, 7) is 0.551. The lowest BCUT2D eigenvalue weighted by Gasteiger charge is -2.21. The molecule has 2 N–H and O–H groups in total. The first-order valence-corrected chi connectivity index (χ1v) is 6.06. The molecule has 0 saturated carbocycles. The highest BCUT2D eigenvalue weighted by Crippen LogP contribution is 2.21. The predicted octanol–water partition coefficient (Wildman–Crippen LogP) is 2.19. The molecule has 1 amide bonds. The molecular weight excluding hydrogens is 264 g/mol. The molecular formula is C13H13ClN4O. The molecule has 0 spiro atoms. The monoisotopic (exact) mass is 276 g/mol. The van der Waals surface area contributed by atoms with Crippen LogP contribution in [0.1, 0.15) is 23.2 Å². The number of anilines is 1. The first-order chi connectivity index (χ1) is 9.10. The van der Waals surface area contributed by atoms with Crippen molar-refractivity contribution in [3.05, 3.63) is 28.8 Å². The third-order valence-electron chi connectivity index (χ3n) is 2.50. The highest BCUT2D eigenvalue weighted by molar-refractivity contribution is 6.34. The Morgan fingerprint density at radius 2 is 1.84 bits per heavy atom. The van der Waals surface area contributed by atoms with Gasteiger partial charge in [-0.3, -0.25) is 4.79 Å². The van der Waals surface area contributed by atoms with Gasteiger partial charge in [0.2, 0.25) is 0 Å². The lowest BCUT2D eigenvalue weighted by molar-refractivity contribution is 0.0762. The van der Waals surface area contributed by atoms with Crippen molar-refractivity contribution in [3.63, 3.8) is 0 Å². The molecule has 0 aliphatic heterocycles. The number of rotatable bonds is 5. The Bertz CT molecular complexity index is 527. The Hall–Kier alpha value is -2.24. The van der Waals surface area contributed by atoms with Gasteiger partial charge in [-0.15, -0.1) is 0 Å². The largest absolute Gasteiger partial charge is 0.399 e. The fourth-order valence-corrected chi connectivity index (χ4v) is 1.83. The van der Waals surface area contributed by atoms with Crippen LogP contribution < -0.4 is 5.73 Å². The average Bonchev–Trinajstić information content (AvgIpc) is 2.38. The molecule has 1 rings (SSSR count). The molecule has 0 bridgehead atoms. The van der Waals surface area contributed by atoms with Crippen LogP contribution in [0.2, 0.25) is 5.02 Å². The lowest BCUT2D eigenvalue weighted by Crippen LogP contribution is -2.33. The number of hydrogen-bond acceptors (Lipinski definition) is 4. The highest BCUT2D eigenvalue weighted by Gasteiger charge is 2.17. The summed E-state index contributed by atoms with van der Waals surface area (Å²) in [6.07, 6.45) is 0.424. The van der Waals surface area contributed by atoms with Gasteiger partial charge < -0.3 is 10.6 Å². The van der Waals surface area contributed by atoms with E-state index in [1.54, 1.807) is 12.1 Å². The number of nitrogen functional groups attached to an aromatic ring is 1. The van der Waals surface area contributed by atoms with Gasteiger partial charge in [0.25, 0.3) is 5.91 Å². The first kappa shape index (κ1) is 14.8. The van der Waals surface area contributed by atoms with Crippen LogP contribution >= 0.6 is 11.6 Å². The molecule has 0 aliphatic carbocycles. The van der Waals surface area contributed by atoms with E-state index in [0.29, 0.717) is 11.3 Å². The maximum absolute atomic E-state index is 12.3. The normalized spacial score (nSPS) is 9.42. The van der Waals surface area contributed by atoms with Gasteiger partial charge in [0, 0.05) is 18.8 Å². The number of carbonyl (C=O) groups excluding carboxylic acids is 1. The minimum absolute atomic E-state index is 0.212. The van der Waals surface area contributed by atoms with Crippen molar-refractivity contribution < 1.29 is 4.79 Å². The van der Waals surface area contributed by atoms with E-state index in [4.69, 9.17) is 27.9 Å². The van der Waals surface area contributed by atoms with Crippen LogP contribution in [0.4, 0.5) is 5.69 Å². The van der Waals surface area contributed by atoms with Gasteiger partial charge in [0.1, 0.15) is 0 Å². The van der Waals surface area contributed by atoms with Crippen molar-refractivity contribution in [3.8, 4) is 12.1 Å². The fraction of sp³-hybridized carbons (Fsp3) is 0.308. The molecule has 0 unspecified atom stereocenters. The minimum Gasteiger partial charge on any atom is -0.399 e. The maximum Gasteiger partial charge on any atom is 0.255 e. The summed E-state index contributed by atoms with van der Waals surface area (Å²) >= 11 is 5.98. The van der Waals surface area contributed by atoms with Crippen molar-refractivity contribution in [2.24, 2.45) is 0 Å². The third kappa shape index (κ3) is 4.17. The van der Waals surface area contributed by atoms with Gasteiger partial charge in [-0.2, -0.15) is 10.5 Å². The number of nitrogens with two attached hydrogens (primary N) is 1. The van der Waals surface area contributed by atoms with Gasteiger partial charge in [-0.1, -0.05) is 11.6 Å². The van der Waals surface area contributed by atoms with E-state index in [1.165, 1.54) is 11.0 Å². The Balaban J connectivity index is 2.91. The van der Waals surface area contributed by atoms with Gasteiger partial charge in [0.05, 0.1) is 35.6 Å². The summed E-state index contributed by atoms with van der Waals surface area (Å²) in [5.74, 6) is -0.296. The van der Waals surface area contributed by atoms with Gasteiger partial charge in [0.15, 0.2) is 0 Å². The van der Waals surface area contributed by atoms with Crippen molar-refractivity contribution in [2.75, 3.05) is 18.8 Å². The minimum atomic E-state index is -0.296. The Kier molecular flexibility index (Phi) is 5.66. The topological polar surface area (TPSA) is 93.9 Å². The van der Waals surface area contributed by atoms with Crippen molar-refractivity contribution in [1.29, 1.82) is 10.5 Å². The summed E-state index contributed by atoms with van der Waals surface area (Å²) in [4.78, 5) is 13.7. The smallest absolute Gasteiger partial charge is 0.255 e. The first-order valence-electron chi connectivity index (χ1n) is 5.68. The van der Waals surface area contributed by atoms with E-state index in [2.05, 4.69) is 0 Å². The summed E-state index contributed by atoms with van der Waals surface area (Å²) in [7, 11) is 0. The molecule has 0 heterocycles. The number of halogens is 1. The number of nitrogens with zero attached hydrogens (tertiary/aromatic N) is 3. The molecule has 1 aromatic rings. The SMILES string of the molecule is N#CCCN(CCC#N)C(=O)c1ccc(N)cc1Cl. The van der Waals surface area contributed by atoms with Crippen LogP contribution in [0.3, 0.4) is 0 Å². The number of benzene rings is 1. The summed E-state index contributed by atoms with van der Waals surface area (Å²) in [6, 6.07) is 8.59. The number of hydrogen-bond donors (Lipinski definition) is 1. The number of carbonyl (C=O) groups is 1. The molecule has 0 atom stereocenters. The van der Waals surface area contributed by atoms with E-state index >= 15 is 0 Å². The third-order valence-corrected chi connectivity index (χ3v) is 2.81. The maximum atomic E-state index is 12.3. The zero-order valence-corrected chi connectivity index (χ0v) is 11.0. The Labute approximate surface area is 116 Å². The molecule has 0 aromatic heterocycles.